The van der Waals surface area contributed by atoms with E-state index in [9.17, 15) is 19.7 Å². The first-order valence-electron chi connectivity index (χ1n) is 9.27. The Morgan fingerprint density at radius 3 is 2.62 bits per heavy atom. The van der Waals surface area contributed by atoms with Gasteiger partial charge in [-0.3, -0.25) is 14.9 Å². The van der Waals surface area contributed by atoms with Gasteiger partial charge in [0.05, 0.1) is 16.7 Å². The zero-order chi connectivity index (χ0) is 22.8. The number of rotatable bonds is 6. The van der Waals surface area contributed by atoms with Crippen LogP contribution in [0, 0.1) is 17.0 Å². The Balaban J connectivity index is 1.45. The van der Waals surface area contributed by atoms with E-state index in [0.29, 0.717) is 22.5 Å². The van der Waals surface area contributed by atoms with Crippen LogP contribution in [0.4, 0.5) is 5.69 Å². The van der Waals surface area contributed by atoms with E-state index in [-0.39, 0.29) is 17.0 Å². The number of hydrazone groups is 1. The zero-order valence-corrected chi connectivity index (χ0v) is 16.6. The molecule has 2 heterocycles. The Kier molecular flexibility index (Phi) is 5.25. The molecule has 0 bridgehead atoms. The van der Waals surface area contributed by atoms with Crippen molar-refractivity contribution in [1.82, 2.24) is 5.43 Å². The highest BCUT2D eigenvalue weighted by Gasteiger charge is 2.15. The maximum Gasteiger partial charge on any atom is 0.335 e. The van der Waals surface area contributed by atoms with Gasteiger partial charge in [0.15, 0.2) is 5.76 Å². The van der Waals surface area contributed by atoms with E-state index in [2.05, 4.69) is 10.5 Å². The van der Waals surface area contributed by atoms with Gasteiger partial charge in [-0.05, 0) is 48.9 Å². The van der Waals surface area contributed by atoms with Crippen LogP contribution in [0.1, 0.15) is 32.2 Å². The molecule has 0 atom stereocenters. The van der Waals surface area contributed by atoms with E-state index in [4.69, 9.17) is 13.9 Å². The highest BCUT2D eigenvalue weighted by atomic mass is 16.6. The molecule has 4 rings (SSSR count). The van der Waals surface area contributed by atoms with Gasteiger partial charge in [-0.15, -0.1) is 0 Å². The van der Waals surface area contributed by atoms with Crippen LogP contribution in [0.5, 0.6) is 0 Å². The van der Waals surface area contributed by atoms with Crippen LogP contribution in [0.25, 0.3) is 22.3 Å². The summed E-state index contributed by atoms with van der Waals surface area (Å²) in [4.78, 5) is 33.6. The molecular weight excluding hydrogens is 418 g/mol. The lowest BCUT2D eigenvalue weighted by Crippen LogP contribution is -2.16. The molecule has 2 aromatic carbocycles. The van der Waals surface area contributed by atoms with Crippen molar-refractivity contribution in [3.05, 3.63) is 87.4 Å². The summed E-state index contributed by atoms with van der Waals surface area (Å²) in [5.74, 6) is -0.808. The lowest BCUT2D eigenvalue weighted by molar-refractivity contribution is -0.384. The van der Waals surface area contributed by atoms with Crippen LogP contribution in [0.15, 0.2) is 68.5 Å². The summed E-state index contributed by atoms with van der Waals surface area (Å²) in [6.45, 7) is 1.78. The van der Waals surface area contributed by atoms with Crippen LogP contribution in [0.3, 0.4) is 0 Å². The lowest BCUT2D eigenvalue weighted by atomic mass is 10.0. The van der Waals surface area contributed by atoms with Crippen molar-refractivity contribution in [2.75, 3.05) is 0 Å². The minimum Gasteiger partial charge on any atom is -0.478 e. The number of benzene rings is 2. The molecule has 2 N–H and O–H groups in total. The topological polar surface area (TPSA) is 148 Å². The monoisotopic (exact) mass is 433 g/mol. The fraction of sp³-hybridized carbons (Fsp3) is 0.0455. The molecule has 0 aliphatic rings. The summed E-state index contributed by atoms with van der Waals surface area (Å²) in [5, 5.41) is 24.2. The van der Waals surface area contributed by atoms with Gasteiger partial charge >= 0.3 is 11.9 Å². The SMILES string of the molecule is Cc1cc(C(=O)O)ccc1-c1ccc(/C=N/NC(=O)c2cc3cc([N+](=O)[O-])ccc3o2)o1. The van der Waals surface area contributed by atoms with Gasteiger partial charge in [-0.2, -0.15) is 5.10 Å². The van der Waals surface area contributed by atoms with E-state index in [1.54, 1.807) is 31.2 Å². The standard InChI is InChI=1S/C22H15N3O7/c1-12-8-13(22(27)28)2-5-17(12)19-7-4-16(31-19)11-23-24-21(26)20-10-14-9-15(25(29)30)3-6-18(14)32-20/h2-11H,1H3,(H,24,26)(H,27,28)/b23-11+. The number of nitro benzene ring substituents is 1. The number of carbonyl (C=O) groups is 2. The fourth-order valence-electron chi connectivity index (χ4n) is 3.11. The second-order valence-corrected chi connectivity index (χ2v) is 6.83. The first-order chi connectivity index (χ1) is 15.3. The van der Waals surface area contributed by atoms with Gasteiger partial charge in [0.25, 0.3) is 5.69 Å². The maximum atomic E-state index is 12.3. The van der Waals surface area contributed by atoms with Crippen molar-refractivity contribution in [3.63, 3.8) is 0 Å². The molecule has 32 heavy (non-hydrogen) atoms. The Morgan fingerprint density at radius 1 is 1.09 bits per heavy atom. The molecule has 10 heteroatoms. The van der Waals surface area contributed by atoms with Gasteiger partial charge < -0.3 is 13.9 Å². The molecular formula is C22H15N3O7. The second kappa shape index (κ2) is 8.19. The third kappa shape index (κ3) is 4.10. The molecule has 0 spiro atoms. The van der Waals surface area contributed by atoms with Gasteiger partial charge in [-0.25, -0.2) is 10.2 Å². The molecule has 1 amide bonds. The predicted molar refractivity (Wildman–Crippen MR) is 114 cm³/mol. The third-order valence-electron chi connectivity index (χ3n) is 4.66. The Bertz CT molecular complexity index is 1400. The largest absolute Gasteiger partial charge is 0.478 e. The Morgan fingerprint density at radius 2 is 1.91 bits per heavy atom. The number of non-ortho nitro benzene ring substituents is 1. The molecule has 0 fully saturated rings. The first kappa shape index (κ1) is 20.5. The zero-order valence-electron chi connectivity index (χ0n) is 16.6. The summed E-state index contributed by atoms with van der Waals surface area (Å²) >= 11 is 0. The average Bonchev–Trinajstić information content (AvgIpc) is 3.40. The summed E-state index contributed by atoms with van der Waals surface area (Å²) in [6.07, 6.45) is 1.30. The van der Waals surface area contributed by atoms with Gasteiger partial charge in [0.2, 0.25) is 0 Å². The van der Waals surface area contributed by atoms with Crippen LogP contribution < -0.4 is 5.43 Å². The fourth-order valence-corrected chi connectivity index (χ4v) is 3.11. The van der Waals surface area contributed by atoms with Crippen LogP contribution in [0.2, 0.25) is 0 Å². The van der Waals surface area contributed by atoms with Crippen molar-refractivity contribution in [1.29, 1.82) is 0 Å². The number of amides is 1. The number of hydrogen-bond donors (Lipinski definition) is 2. The number of aryl methyl sites for hydroxylation is 1. The third-order valence-corrected chi connectivity index (χ3v) is 4.66. The highest BCUT2D eigenvalue weighted by Crippen LogP contribution is 2.26. The number of hydrogen-bond acceptors (Lipinski definition) is 7. The Labute approximate surface area is 179 Å². The summed E-state index contributed by atoms with van der Waals surface area (Å²) in [6, 6.07) is 13.5. The number of carboxylic acid groups (broad SMARTS) is 1. The van der Waals surface area contributed by atoms with Crippen molar-refractivity contribution in [2.45, 2.75) is 6.92 Å². The van der Waals surface area contributed by atoms with E-state index >= 15 is 0 Å². The minimum atomic E-state index is -1.01. The van der Waals surface area contributed by atoms with Gasteiger partial charge in [-0.1, -0.05) is 6.07 Å². The molecule has 4 aromatic rings. The number of furan rings is 2. The summed E-state index contributed by atoms with van der Waals surface area (Å²) in [7, 11) is 0. The molecule has 0 aliphatic carbocycles. The Hall–Kier alpha value is -4.73. The molecule has 0 radical (unpaired) electrons. The van der Waals surface area contributed by atoms with E-state index < -0.39 is 16.8 Å². The lowest BCUT2D eigenvalue weighted by Gasteiger charge is -2.03. The van der Waals surface area contributed by atoms with Crippen LogP contribution in [-0.2, 0) is 0 Å². The smallest absolute Gasteiger partial charge is 0.335 e. The molecule has 0 saturated carbocycles. The number of nitrogens with zero attached hydrogens (tertiary/aromatic N) is 2. The number of carboxylic acids is 1. The van der Waals surface area contributed by atoms with E-state index in [0.717, 1.165) is 11.1 Å². The molecule has 0 aliphatic heterocycles. The predicted octanol–water partition coefficient (Wildman–Crippen LogP) is 4.37. The summed E-state index contributed by atoms with van der Waals surface area (Å²) < 4.78 is 11.1. The van der Waals surface area contributed by atoms with Crippen molar-refractivity contribution in [3.8, 4) is 11.3 Å². The maximum absolute atomic E-state index is 12.3. The molecule has 160 valence electrons. The van der Waals surface area contributed by atoms with Crippen molar-refractivity contribution >= 4 is 34.7 Å². The van der Waals surface area contributed by atoms with E-state index in [1.807, 2.05) is 0 Å². The first-order valence-corrected chi connectivity index (χ1v) is 9.27. The average molecular weight is 433 g/mol. The van der Waals surface area contributed by atoms with Crippen LogP contribution >= 0.6 is 0 Å². The van der Waals surface area contributed by atoms with E-state index in [1.165, 1.54) is 36.5 Å². The number of carbonyl (C=O) groups excluding carboxylic acids is 1. The van der Waals surface area contributed by atoms with Crippen molar-refractivity contribution < 1.29 is 28.5 Å². The second-order valence-electron chi connectivity index (χ2n) is 6.83. The highest BCUT2D eigenvalue weighted by molar-refractivity contribution is 5.97. The summed E-state index contributed by atoms with van der Waals surface area (Å²) in [5.41, 5.74) is 4.19. The number of nitrogens with one attached hydrogen (secondary N) is 1. The number of aromatic carboxylic acids is 1. The molecule has 0 saturated heterocycles. The van der Waals surface area contributed by atoms with Crippen LogP contribution in [-0.4, -0.2) is 28.1 Å². The number of fused-ring (bicyclic) bond motifs is 1. The molecule has 10 nitrogen and oxygen atoms in total. The number of nitro groups is 1. The van der Waals surface area contributed by atoms with Gasteiger partial charge in [0.1, 0.15) is 17.1 Å². The normalized spacial score (nSPS) is 11.2. The quantitative estimate of drug-likeness (QED) is 0.260. The van der Waals surface area contributed by atoms with Crippen molar-refractivity contribution in [2.24, 2.45) is 5.10 Å². The van der Waals surface area contributed by atoms with Gasteiger partial charge in [0, 0.05) is 23.1 Å². The molecule has 0 unspecified atom stereocenters. The molecule has 2 aromatic heterocycles. The minimum absolute atomic E-state index is 0.0491.